The summed E-state index contributed by atoms with van der Waals surface area (Å²) in [6.07, 6.45) is 0. The van der Waals surface area contributed by atoms with Crippen molar-refractivity contribution in [2.45, 2.75) is 20.8 Å². The molecule has 1 aliphatic rings. The number of carbonyl (C=O) groups excluding carboxylic acids is 3. The summed E-state index contributed by atoms with van der Waals surface area (Å²) < 4.78 is 5.30. The molecule has 4 rings (SSSR count). The molecule has 1 aliphatic heterocycles. The second-order valence-corrected chi connectivity index (χ2v) is 8.16. The number of anilines is 2. The minimum absolute atomic E-state index is 0.197. The van der Waals surface area contributed by atoms with Crippen molar-refractivity contribution in [1.82, 2.24) is 0 Å². The van der Waals surface area contributed by atoms with E-state index < -0.39 is 17.7 Å². The fourth-order valence-corrected chi connectivity index (χ4v) is 3.84. The second kappa shape index (κ2) is 8.13. The van der Waals surface area contributed by atoms with E-state index in [4.69, 9.17) is 16.3 Å². The van der Waals surface area contributed by atoms with Crippen molar-refractivity contribution in [3.63, 3.8) is 0 Å². The number of hydrogen-bond acceptors (Lipinski definition) is 4. The first-order valence-electron chi connectivity index (χ1n) is 9.97. The highest BCUT2D eigenvalue weighted by Crippen LogP contribution is 2.33. The van der Waals surface area contributed by atoms with Crippen LogP contribution in [0.3, 0.4) is 0 Å². The summed E-state index contributed by atoms with van der Waals surface area (Å²) in [5, 5.41) is 3.31. The van der Waals surface area contributed by atoms with E-state index in [9.17, 15) is 14.4 Å². The number of halogens is 1. The van der Waals surface area contributed by atoms with Crippen molar-refractivity contribution >= 4 is 40.7 Å². The number of rotatable bonds is 4. The topological polar surface area (TPSA) is 75.7 Å². The first-order valence-corrected chi connectivity index (χ1v) is 10.3. The molecule has 0 radical (unpaired) electrons. The van der Waals surface area contributed by atoms with Crippen molar-refractivity contribution < 1.29 is 19.1 Å². The van der Waals surface area contributed by atoms with Gasteiger partial charge >= 0.3 is 0 Å². The molecular weight excluding hydrogens is 428 g/mol. The van der Waals surface area contributed by atoms with Crippen LogP contribution >= 0.6 is 11.6 Å². The van der Waals surface area contributed by atoms with Gasteiger partial charge in [0.2, 0.25) is 0 Å². The molecule has 0 aliphatic carbocycles. The monoisotopic (exact) mass is 448 g/mol. The average Bonchev–Trinajstić information content (AvgIpc) is 3.02. The van der Waals surface area contributed by atoms with Crippen LogP contribution in [0.1, 0.15) is 47.8 Å². The van der Waals surface area contributed by atoms with Gasteiger partial charge < -0.3 is 10.1 Å². The summed E-state index contributed by atoms with van der Waals surface area (Å²) in [7, 11) is 1.48. The Hall–Kier alpha value is -3.64. The lowest BCUT2D eigenvalue weighted by molar-refractivity contribution is 0.0925. The Balaban J connectivity index is 1.67. The summed E-state index contributed by atoms with van der Waals surface area (Å²) in [5.74, 6) is -0.866. The molecule has 3 aromatic rings. The summed E-state index contributed by atoms with van der Waals surface area (Å²) in [6.45, 7) is 5.56. The summed E-state index contributed by atoms with van der Waals surface area (Å²) in [6, 6.07) is 13.4. The number of ether oxygens (including phenoxy) is 1. The quantitative estimate of drug-likeness (QED) is 0.547. The minimum atomic E-state index is -0.451. The van der Waals surface area contributed by atoms with E-state index in [2.05, 4.69) is 5.32 Å². The van der Waals surface area contributed by atoms with Crippen molar-refractivity contribution in [3.05, 3.63) is 86.9 Å². The molecule has 32 heavy (non-hydrogen) atoms. The normalized spacial score (nSPS) is 12.7. The molecule has 0 atom stereocenters. The molecule has 0 saturated carbocycles. The van der Waals surface area contributed by atoms with Gasteiger partial charge in [-0.15, -0.1) is 0 Å². The summed E-state index contributed by atoms with van der Waals surface area (Å²) >= 11 is 6.13. The van der Waals surface area contributed by atoms with Gasteiger partial charge in [-0.05, 0) is 67.8 Å². The fraction of sp³-hybridized carbons (Fsp3) is 0.160. The van der Waals surface area contributed by atoms with Gasteiger partial charge in [0.15, 0.2) is 0 Å². The SMILES string of the molecule is COc1cc(Cl)c(C)cc1NC(=O)c1ccc2c(c1)C(=O)N(c1cc(C)ccc1C)C2=O. The number of nitrogens with zero attached hydrogens (tertiary/aromatic N) is 1. The van der Waals surface area contributed by atoms with Crippen LogP contribution in [0.5, 0.6) is 5.75 Å². The third-order valence-electron chi connectivity index (χ3n) is 5.48. The number of amides is 3. The first kappa shape index (κ1) is 21.6. The van der Waals surface area contributed by atoms with E-state index in [0.717, 1.165) is 16.7 Å². The maximum Gasteiger partial charge on any atom is 0.266 e. The zero-order valence-corrected chi connectivity index (χ0v) is 18.8. The molecule has 1 N–H and O–H groups in total. The van der Waals surface area contributed by atoms with Gasteiger partial charge in [0.25, 0.3) is 17.7 Å². The Morgan fingerprint density at radius 2 is 1.62 bits per heavy atom. The first-order chi connectivity index (χ1) is 15.2. The number of methoxy groups -OCH3 is 1. The number of benzene rings is 3. The van der Waals surface area contributed by atoms with Gasteiger partial charge in [-0.3, -0.25) is 14.4 Å². The highest BCUT2D eigenvalue weighted by Gasteiger charge is 2.37. The minimum Gasteiger partial charge on any atom is -0.495 e. The predicted molar refractivity (Wildman–Crippen MR) is 124 cm³/mol. The number of nitrogens with one attached hydrogen (secondary N) is 1. The Labute approximate surface area is 190 Å². The average molecular weight is 449 g/mol. The van der Waals surface area contributed by atoms with Crippen LogP contribution in [0.25, 0.3) is 0 Å². The second-order valence-electron chi connectivity index (χ2n) is 7.75. The van der Waals surface area contributed by atoms with E-state index >= 15 is 0 Å². The molecule has 3 amide bonds. The van der Waals surface area contributed by atoms with E-state index in [1.807, 2.05) is 32.9 Å². The third kappa shape index (κ3) is 3.63. The lowest BCUT2D eigenvalue weighted by Crippen LogP contribution is -2.30. The van der Waals surface area contributed by atoms with E-state index in [1.165, 1.54) is 30.2 Å². The van der Waals surface area contributed by atoms with Crippen molar-refractivity contribution in [1.29, 1.82) is 0 Å². The molecule has 6 nitrogen and oxygen atoms in total. The number of imide groups is 1. The van der Waals surface area contributed by atoms with Crippen LogP contribution in [-0.2, 0) is 0 Å². The highest BCUT2D eigenvalue weighted by molar-refractivity contribution is 6.35. The molecular formula is C25H21ClN2O4. The van der Waals surface area contributed by atoms with Gasteiger partial charge in [0.1, 0.15) is 5.75 Å². The molecule has 0 unspecified atom stereocenters. The highest BCUT2D eigenvalue weighted by atomic mass is 35.5. The standard InChI is InChI=1S/C25H21ClN2O4/c1-13-5-6-14(2)21(9-13)28-24(30)17-8-7-16(11-18(17)25(28)31)23(29)27-20-10-15(3)19(26)12-22(20)32-4/h5-12H,1-4H3,(H,27,29). The molecule has 0 bridgehead atoms. The Morgan fingerprint density at radius 1 is 0.906 bits per heavy atom. The summed E-state index contributed by atoms with van der Waals surface area (Å²) in [5.41, 5.74) is 4.25. The van der Waals surface area contributed by atoms with Crippen LogP contribution in [0.15, 0.2) is 48.5 Å². The number of fused-ring (bicyclic) bond motifs is 1. The molecule has 3 aromatic carbocycles. The number of aryl methyl sites for hydroxylation is 3. The van der Waals surface area contributed by atoms with Crippen molar-refractivity contribution in [2.24, 2.45) is 0 Å². The zero-order valence-electron chi connectivity index (χ0n) is 18.1. The number of hydrogen-bond donors (Lipinski definition) is 1. The van der Waals surface area contributed by atoms with E-state index in [0.29, 0.717) is 22.1 Å². The van der Waals surface area contributed by atoms with Crippen LogP contribution < -0.4 is 15.0 Å². The van der Waals surface area contributed by atoms with Crippen LogP contribution in [0, 0.1) is 20.8 Å². The predicted octanol–water partition coefficient (Wildman–Crippen LogP) is 5.33. The molecule has 0 spiro atoms. The maximum absolute atomic E-state index is 13.1. The van der Waals surface area contributed by atoms with Crippen molar-refractivity contribution in [2.75, 3.05) is 17.3 Å². The fourth-order valence-electron chi connectivity index (χ4n) is 3.69. The van der Waals surface area contributed by atoms with Gasteiger partial charge in [0.05, 0.1) is 29.6 Å². The number of carbonyl (C=O) groups is 3. The van der Waals surface area contributed by atoms with Gasteiger partial charge in [-0.2, -0.15) is 0 Å². The Morgan fingerprint density at radius 3 is 2.34 bits per heavy atom. The summed E-state index contributed by atoms with van der Waals surface area (Å²) in [4.78, 5) is 40.2. The van der Waals surface area contributed by atoms with Crippen molar-refractivity contribution in [3.8, 4) is 5.75 Å². The van der Waals surface area contributed by atoms with Crippen LogP contribution in [-0.4, -0.2) is 24.8 Å². The largest absolute Gasteiger partial charge is 0.495 e. The molecule has 0 saturated heterocycles. The molecule has 7 heteroatoms. The lowest BCUT2D eigenvalue weighted by Gasteiger charge is -2.17. The molecule has 0 fully saturated rings. The van der Waals surface area contributed by atoms with Gasteiger partial charge in [0, 0.05) is 16.7 Å². The smallest absolute Gasteiger partial charge is 0.266 e. The van der Waals surface area contributed by atoms with E-state index in [1.54, 1.807) is 18.2 Å². The molecule has 1 heterocycles. The Bertz CT molecular complexity index is 1300. The lowest BCUT2D eigenvalue weighted by atomic mass is 10.1. The zero-order chi connectivity index (χ0) is 23.2. The third-order valence-corrected chi connectivity index (χ3v) is 5.89. The van der Waals surface area contributed by atoms with E-state index in [-0.39, 0.29) is 16.7 Å². The maximum atomic E-state index is 13.1. The molecule has 0 aromatic heterocycles. The van der Waals surface area contributed by atoms with Gasteiger partial charge in [-0.25, -0.2) is 4.90 Å². The Kier molecular flexibility index (Phi) is 5.48. The van der Waals surface area contributed by atoms with Crippen LogP contribution in [0.2, 0.25) is 5.02 Å². The molecule has 162 valence electrons. The van der Waals surface area contributed by atoms with Gasteiger partial charge in [-0.1, -0.05) is 23.7 Å². The van der Waals surface area contributed by atoms with Crippen LogP contribution in [0.4, 0.5) is 11.4 Å².